The SMILES string of the molecule is CCC1(C)CN(CC(C)O)C1. The Kier molecular flexibility index (Phi) is 2.55. The third-order valence-corrected chi connectivity index (χ3v) is 2.59. The molecule has 1 N–H and O–H groups in total. The zero-order valence-corrected chi connectivity index (χ0v) is 7.80. The molecule has 0 saturated carbocycles. The lowest BCUT2D eigenvalue weighted by atomic mass is 9.79. The number of aliphatic hydroxyl groups excluding tert-OH is 1. The van der Waals surface area contributed by atoms with Gasteiger partial charge in [-0.2, -0.15) is 0 Å². The van der Waals surface area contributed by atoms with E-state index in [1.807, 2.05) is 6.92 Å². The topological polar surface area (TPSA) is 23.5 Å². The molecule has 0 amide bonds. The van der Waals surface area contributed by atoms with Crippen LogP contribution in [-0.2, 0) is 0 Å². The van der Waals surface area contributed by atoms with E-state index < -0.39 is 0 Å². The molecule has 1 aliphatic heterocycles. The number of rotatable bonds is 3. The summed E-state index contributed by atoms with van der Waals surface area (Å²) in [7, 11) is 0. The third kappa shape index (κ3) is 2.17. The van der Waals surface area contributed by atoms with Crippen molar-refractivity contribution in [2.75, 3.05) is 19.6 Å². The number of β-amino-alcohol motifs (C(OH)–C–C–N with tert-alkyl or cyclic N) is 1. The molecule has 2 nitrogen and oxygen atoms in total. The normalized spacial score (nSPS) is 26.2. The van der Waals surface area contributed by atoms with Gasteiger partial charge in [0.15, 0.2) is 0 Å². The van der Waals surface area contributed by atoms with Crippen molar-refractivity contribution < 1.29 is 5.11 Å². The van der Waals surface area contributed by atoms with Crippen LogP contribution < -0.4 is 0 Å². The van der Waals surface area contributed by atoms with Crippen LogP contribution in [0.5, 0.6) is 0 Å². The Morgan fingerprint density at radius 1 is 1.55 bits per heavy atom. The van der Waals surface area contributed by atoms with E-state index in [4.69, 9.17) is 5.11 Å². The Bertz CT molecular complexity index is 128. The molecule has 1 atom stereocenters. The van der Waals surface area contributed by atoms with Crippen molar-refractivity contribution in [1.29, 1.82) is 0 Å². The van der Waals surface area contributed by atoms with Crippen LogP contribution in [0.4, 0.5) is 0 Å². The fraction of sp³-hybridized carbons (Fsp3) is 1.00. The van der Waals surface area contributed by atoms with Crippen LogP contribution in [0.3, 0.4) is 0 Å². The van der Waals surface area contributed by atoms with Gasteiger partial charge in [-0.15, -0.1) is 0 Å². The molecular formula is C9H19NO. The second-order valence-electron chi connectivity index (χ2n) is 4.18. The second kappa shape index (κ2) is 3.11. The van der Waals surface area contributed by atoms with Crippen molar-refractivity contribution >= 4 is 0 Å². The van der Waals surface area contributed by atoms with Gasteiger partial charge in [0.2, 0.25) is 0 Å². The molecule has 0 radical (unpaired) electrons. The first-order valence-corrected chi connectivity index (χ1v) is 4.46. The van der Waals surface area contributed by atoms with Crippen molar-refractivity contribution in [1.82, 2.24) is 4.90 Å². The van der Waals surface area contributed by atoms with Gasteiger partial charge in [0.05, 0.1) is 6.10 Å². The Balaban J connectivity index is 2.18. The molecule has 0 aromatic carbocycles. The molecule has 66 valence electrons. The van der Waals surface area contributed by atoms with Crippen molar-refractivity contribution in [2.45, 2.75) is 33.3 Å². The summed E-state index contributed by atoms with van der Waals surface area (Å²) in [5.74, 6) is 0. The maximum Gasteiger partial charge on any atom is 0.0639 e. The van der Waals surface area contributed by atoms with Gasteiger partial charge >= 0.3 is 0 Å². The van der Waals surface area contributed by atoms with E-state index in [-0.39, 0.29) is 6.10 Å². The van der Waals surface area contributed by atoms with Gasteiger partial charge in [-0.25, -0.2) is 0 Å². The zero-order chi connectivity index (χ0) is 8.48. The summed E-state index contributed by atoms with van der Waals surface area (Å²) >= 11 is 0. The van der Waals surface area contributed by atoms with E-state index in [2.05, 4.69) is 18.7 Å². The highest BCUT2D eigenvalue weighted by molar-refractivity contribution is 4.90. The molecular weight excluding hydrogens is 138 g/mol. The molecule has 0 aromatic heterocycles. The average molecular weight is 157 g/mol. The van der Waals surface area contributed by atoms with Gasteiger partial charge in [0.25, 0.3) is 0 Å². The van der Waals surface area contributed by atoms with Crippen LogP contribution in [0, 0.1) is 5.41 Å². The molecule has 0 bridgehead atoms. The number of nitrogens with zero attached hydrogens (tertiary/aromatic N) is 1. The minimum absolute atomic E-state index is 0.170. The predicted molar refractivity (Wildman–Crippen MR) is 46.5 cm³/mol. The summed E-state index contributed by atoms with van der Waals surface area (Å²) in [6.45, 7) is 9.56. The lowest BCUT2D eigenvalue weighted by Gasteiger charge is -2.48. The Morgan fingerprint density at radius 2 is 2.09 bits per heavy atom. The summed E-state index contributed by atoms with van der Waals surface area (Å²) in [6, 6.07) is 0. The van der Waals surface area contributed by atoms with Crippen LogP contribution in [0.15, 0.2) is 0 Å². The van der Waals surface area contributed by atoms with Crippen LogP contribution in [0.2, 0.25) is 0 Å². The Morgan fingerprint density at radius 3 is 2.45 bits per heavy atom. The molecule has 2 heteroatoms. The van der Waals surface area contributed by atoms with Crippen molar-refractivity contribution in [3.63, 3.8) is 0 Å². The highest BCUT2D eigenvalue weighted by Crippen LogP contribution is 2.32. The van der Waals surface area contributed by atoms with Gasteiger partial charge in [-0.1, -0.05) is 13.8 Å². The highest BCUT2D eigenvalue weighted by atomic mass is 16.3. The van der Waals surface area contributed by atoms with Crippen molar-refractivity contribution in [2.24, 2.45) is 5.41 Å². The molecule has 0 aromatic rings. The van der Waals surface area contributed by atoms with Gasteiger partial charge in [-0.3, -0.25) is 4.90 Å². The summed E-state index contributed by atoms with van der Waals surface area (Å²) in [5, 5.41) is 9.09. The number of aliphatic hydroxyl groups is 1. The fourth-order valence-electron chi connectivity index (χ4n) is 1.76. The quantitative estimate of drug-likeness (QED) is 0.663. The van der Waals surface area contributed by atoms with E-state index in [9.17, 15) is 0 Å². The summed E-state index contributed by atoms with van der Waals surface area (Å²) < 4.78 is 0. The second-order valence-corrected chi connectivity index (χ2v) is 4.18. The minimum Gasteiger partial charge on any atom is -0.392 e. The summed E-state index contributed by atoms with van der Waals surface area (Å²) in [6.07, 6.45) is 1.08. The van der Waals surface area contributed by atoms with Gasteiger partial charge in [-0.05, 0) is 18.8 Å². The highest BCUT2D eigenvalue weighted by Gasteiger charge is 2.36. The zero-order valence-electron chi connectivity index (χ0n) is 7.80. The van der Waals surface area contributed by atoms with Crippen LogP contribution in [0.1, 0.15) is 27.2 Å². The lowest BCUT2D eigenvalue weighted by Crippen LogP contribution is -2.55. The van der Waals surface area contributed by atoms with E-state index in [1.54, 1.807) is 0 Å². The van der Waals surface area contributed by atoms with E-state index >= 15 is 0 Å². The first-order chi connectivity index (χ1) is 5.06. The average Bonchev–Trinajstić information content (AvgIpc) is 1.83. The van der Waals surface area contributed by atoms with E-state index in [0.29, 0.717) is 5.41 Å². The molecule has 11 heavy (non-hydrogen) atoms. The lowest BCUT2D eigenvalue weighted by molar-refractivity contribution is -0.0144. The predicted octanol–water partition coefficient (Wildman–Crippen LogP) is 1.10. The fourth-order valence-corrected chi connectivity index (χ4v) is 1.76. The van der Waals surface area contributed by atoms with Crippen molar-refractivity contribution in [3.05, 3.63) is 0 Å². The smallest absolute Gasteiger partial charge is 0.0639 e. The maximum absolute atomic E-state index is 9.09. The Labute approximate surface area is 69.2 Å². The van der Waals surface area contributed by atoms with Crippen LogP contribution in [-0.4, -0.2) is 35.7 Å². The van der Waals surface area contributed by atoms with E-state index in [0.717, 1.165) is 19.6 Å². The molecule has 1 fully saturated rings. The molecule has 1 rings (SSSR count). The first-order valence-electron chi connectivity index (χ1n) is 4.46. The standard InChI is InChI=1S/C9H19NO/c1-4-9(3)6-10(7-9)5-8(2)11/h8,11H,4-7H2,1-3H3. The third-order valence-electron chi connectivity index (χ3n) is 2.59. The monoisotopic (exact) mass is 157 g/mol. The van der Waals surface area contributed by atoms with Crippen LogP contribution >= 0.6 is 0 Å². The molecule has 1 unspecified atom stereocenters. The molecule has 0 aliphatic carbocycles. The van der Waals surface area contributed by atoms with Crippen molar-refractivity contribution in [3.8, 4) is 0 Å². The molecule has 1 saturated heterocycles. The summed E-state index contributed by atoms with van der Waals surface area (Å²) in [4.78, 5) is 2.31. The van der Waals surface area contributed by atoms with Gasteiger partial charge in [0.1, 0.15) is 0 Å². The largest absolute Gasteiger partial charge is 0.392 e. The number of hydrogen-bond acceptors (Lipinski definition) is 2. The molecule has 0 spiro atoms. The van der Waals surface area contributed by atoms with Gasteiger partial charge < -0.3 is 5.11 Å². The van der Waals surface area contributed by atoms with Crippen LogP contribution in [0.25, 0.3) is 0 Å². The maximum atomic E-state index is 9.09. The number of hydrogen-bond donors (Lipinski definition) is 1. The molecule has 1 aliphatic rings. The number of likely N-dealkylation sites (tertiary alicyclic amines) is 1. The van der Waals surface area contributed by atoms with E-state index in [1.165, 1.54) is 6.42 Å². The first kappa shape index (κ1) is 9.01. The summed E-state index contributed by atoms with van der Waals surface area (Å²) in [5.41, 5.74) is 0.537. The minimum atomic E-state index is -0.170. The van der Waals surface area contributed by atoms with Gasteiger partial charge in [0, 0.05) is 19.6 Å². The Hall–Kier alpha value is -0.0800. The molecule has 1 heterocycles.